The molecule has 0 aromatic heterocycles. The Kier molecular flexibility index (Phi) is 9.38. The second-order valence-electron chi connectivity index (χ2n) is 9.24. The first-order valence-corrected chi connectivity index (χ1v) is 12.2. The van der Waals surface area contributed by atoms with Crippen molar-refractivity contribution < 1.29 is 4.79 Å². The van der Waals surface area contributed by atoms with Gasteiger partial charge in [0.05, 0.1) is 12.1 Å². The molecule has 1 fully saturated rings. The number of amides is 1. The number of rotatable bonds is 11. The molecule has 3 nitrogen and oxygen atoms in total. The normalized spacial score (nSPS) is 17.2. The predicted molar refractivity (Wildman–Crippen MR) is 133 cm³/mol. The van der Waals surface area contributed by atoms with Crippen LogP contribution in [0.4, 0.5) is 0 Å². The fourth-order valence-electron chi connectivity index (χ4n) is 4.60. The first-order valence-electron chi connectivity index (χ1n) is 12.2. The van der Waals surface area contributed by atoms with E-state index in [1.165, 1.54) is 18.4 Å². The second kappa shape index (κ2) is 12.5. The van der Waals surface area contributed by atoms with Crippen molar-refractivity contribution in [2.24, 2.45) is 0 Å². The Balaban J connectivity index is 1.66. The summed E-state index contributed by atoms with van der Waals surface area (Å²) >= 11 is 0. The molecule has 1 heterocycles. The van der Waals surface area contributed by atoms with E-state index >= 15 is 0 Å². The molecule has 1 saturated heterocycles. The van der Waals surface area contributed by atoms with Crippen LogP contribution in [0.5, 0.6) is 0 Å². The summed E-state index contributed by atoms with van der Waals surface area (Å²) in [5.74, 6) is 3.35. The number of nitrogens with one attached hydrogen (secondary N) is 1. The maximum atomic E-state index is 13.4. The second-order valence-corrected chi connectivity index (χ2v) is 9.24. The molecule has 3 rings (SSSR count). The molecule has 0 radical (unpaired) electrons. The molecule has 0 spiro atoms. The summed E-state index contributed by atoms with van der Waals surface area (Å²) in [6, 6.07) is 18.8. The average Bonchev–Trinajstić information content (AvgIpc) is 3.29. The largest absolute Gasteiger partial charge is 0.344 e. The topological polar surface area (TPSA) is 32.3 Å². The van der Waals surface area contributed by atoms with Gasteiger partial charge in [-0.2, -0.15) is 0 Å². The van der Waals surface area contributed by atoms with Gasteiger partial charge in [0.1, 0.15) is 0 Å². The number of likely N-dealkylation sites (tertiary alicyclic amines) is 1. The molecule has 2 unspecified atom stereocenters. The van der Waals surface area contributed by atoms with E-state index in [9.17, 15) is 4.79 Å². The molecule has 2 aromatic carbocycles. The number of carbonyl (C=O) groups excluding carboxylic acids is 1. The number of hydrogen-bond donors (Lipinski definition) is 1. The van der Waals surface area contributed by atoms with Crippen LogP contribution in [0.2, 0.25) is 0 Å². The van der Waals surface area contributed by atoms with Gasteiger partial charge < -0.3 is 5.32 Å². The zero-order valence-electron chi connectivity index (χ0n) is 19.7. The van der Waals surface area contributed by atoms with Gasteiger partial charge in [-0.1, -0.05) is 81.3 Å². The number of unbranched alkanes of at least 4 members (excludes halogenated alkanes) is 4. The highest BCUT2D eigenvalue weighted by atomic mass is 16.2. The summed E-state index contributed by atoms with van der Waals surface area (Å²) in [6.45, 7) is 6.42. The van der Waals surface area contributed by atoms with Gasteiger partial charge >= 0.3 is 0 Å². The minimum Gasteiger partial charge on any atom is -0.344 e. The van der Waals surface area contributed by atoms with E-state index in [0.717, 1.165) is 56.3 Å². The van der Waals surface area contributed by atoms with Crippen molar-refractivity contribution in [1.29, 1.82) is 0 Å². The Hall–Kier alpha value is -2.57. The Labute approximate surface area is 194 Å². The van der Waals surface area contributed by atoms with E-state index < -0.39 is 0 Å². The fraction of sp³-hybridized carbons (Fsp3) is 0.483. The van der Waals surface area contributed by atoms with Crippen LogP contribution in [-0.4, -0.2) is 29.9 Å². The fourth-order valence-corrected chi connectivity index (χ4v) is 4.60. The molecule has 3 heteroatoms. The Morgan fingerprint density at radius 1 is 1.00 bits per heavy atom. The van der Waals surface area contributed by atoms with E-state index in [1.807, 2.05) is 18.2 Å². The third-order valence-corrected chi connectivity index (χ3v) is 6.54. The molecule has 170 valence electrons. The van der Waals surface area contributed by atoms with Gasteiger partial charge in [0.25, 0.3) is 0 Å². The van der Waals surface area contributed by atoms with Crippen molar-refractivity contribution in [3.8, 4) is 12.3 Å². The minimum atomic E-state index is -0.129. The molecule has 1 amide bonds. The Morgan fingerprint density at radius 3 is 2.34 bits per heavy atom. The summed E-state index contributed by atoms with van der Waals surface area (Å²) in [6.07, 6.45) is 12.8. The molecule has 1 N–H and O–H groups in total. The van der Waals surface area contributed by atoms with Gasteiger partial charge in [0, 0.05) is 6.42 Å². The zero-order chi connectivity index (χ0) is 22.8. The molecule has 0 bridgehead atoms. The molecule has 32 heavy (non-hydrogen) atoms. The lowest BCUT2D eigenvalue weighted by atomic mass is 9.95. The lowest BCUT2D eigenvalue weighted by Gasteiger charge is -2.27. The number of terminal acetylenes is 1. The molecule has 2 aromatic rings. The highest BCUT2D eigenvalue weighted by molar-refractivity contribution is 5.83. The average molecular weight is 431 g/mol. The van der Waals surface area contributed by atoms with E-state index in [4.69, 9.17) is 6.42 Å². The van der Waals surface area contributed by atoms with Crippen LogP contribution in [0.15, 0.2) is 54.6 Å². The third-order valence-electron chi connectivity index (χ3n) is 6.54. The van der Waals surface area contributed by atoms with Crippen molar-refractivity contribution >= 4 is 5.91 Å². The maximum Gasteiger partial charge on any atom is 0.238 e. The van der Waals surface area contributed by atoms with E-state index in [-0.39, 0.29) is 18.0 Å². The molecule has 0 saturated carbocycles. The first-order chi connectivity index (χ1) is 15.6. The van der Waals surface area contributed by atoms with Crippen LogP contribution in [0.1, 0.15) is 87.4 Å². The lowest BCUT2D eigenvalue weighted by Crippen LogP contribution is -2.45. The number of benzene rings is 2. The third kappa shape index (κ3) is 6.71. The Morgan fingerprint density at radius 2 is 1.66 bits per heavy atom. The number of carbonyl (C=O) groups is 1. The molecule has 1 aliphatic heterocycles. The van der Waals surface area contributed by atoms with Crippen LogP contribution in [0.3, 0.4) is 0 Å². The predicted octanol–water partition coefficient (Wildman–Crippen LogP) is 6.06. The van der Waals surface area contributed by atoms with E-state index in [0.29, 0.717) is 5.92 Å². The van der Waals surface area contributed by atoms with Crippen molar-refractivity contribution in [2.75, 3.05) is 13.1 Å². The van der Waals surface area contributed by atoms with Crippen molar-refractivity contribution in [3.05, 3.63) is 71.3 Å². The van der Waals surface area contributed by atoms with Gasteiger partial charge in [-0.15, -0.1) is 12.3 Å². The monoisotopic (exact) mass is 430 g/mol. The van der Waals surface area contributed by atoms with Crippen LogP contribution in [0.25, 0.3) is 0 Å². The van der Waals surface area contributed by atoms with E-state index in [1.54, 1.807) is 0 Å². The SMILES string of the molecule is C#CCCCCCCN1CCCC1C(=O)NC(c1ccccc1)c1ccc(C(C)C)cc1. The highest BCUT2D eigenvalue weighted by Crippen LogP contribution is 2.26. The van der Waals surface area contributed by atoms with Crippen LogP contribution < -0.4 is 5.32 Å². The van der Waals surface area contributed by atoms with Crippen molar-refractivity contribution in [1.82, 2.24) is 10.2 Å². The van der Waals surface area contributed by atoms with Gasteiger partial charge in [-0.3, -0.25) is 9.69 Å². The molecular formula is C29H38N2O. The van der Waals surface area contributed by atoms with Gasteiger partial charge in [-0.05, 0) is 61.4 Å². The van der Waals surface area contributed by atoms with Crippen molar-refractivity contribution in [3.63, 3.8) is 0 Å². The summed E-state index contributed by atoms with van der Waals surface area (Å²) < 4.78 is 0. The van der Waals surface area contributed by atoms with Crippen LogP contribution in [-0.2, 0) is 4.79 Å². The van der Waals surface area contributed by atoms with Crippen LogP contribution >= 0.6 is 0 Å². The first kappa shape index (κ1) is 24.1. The molecular weight excluding hydrogens is 392 g/mol. The number of nitrogens with zero attached hydrogens (tertiary/aromatic N) is 1. The van der Waals surface area contributed by atoms with Crippen LogP contribution in [0, 0.1) is 12.3 Å². The smallest absolute Gasteiger partial charge is 0.238 e. The standard InChI is InChI=1S/C29H38N2O/c1-4-5-6-7-8-12-21-31-22-13-16-27(31)29(32)30-28(25-14-10-9-11-15-25)26-19-17-24(18-20-26)23(2)3/h1,9-11,14-15,17-20,23,27-28H,5-8,12-13,16,21-22H2,2-3H3,(H,30,32). The minimum absolute atomic E-state index is 0.0261. The number of hydrogen-bond acceptors (Lipinski definition) is 2. The van der Waals surface area contributed by atoms with E-state index in [2.05, 4.69) is 66.4 Å². The highest BCUT2D eigenvalue weighted by Gasteiger charge is 2.31. The maximum absolute atomic E-state index is 13.4. The molecule has 2 atom stereocenters. The van der Waals surface area contributed by atoms with Gasteiger partial charge in [0.2, 0.25) is 5.91 Å². The summed E-state index contributed by atoms with van der Waals surface area (Å²) in [4.78, 5) is 15.8. The quantitative estimate of drug-likeness (QED) is 0.347. The van der Waals surface area contributed by atoms with Crippen molar-refractivity contribution in [2.45, 2.75) is 76.8 Å². The Bertz CT molecular complexity index is 866. The summed E-state index contributed by atoms with van der Waals surface area (Å²) in [7, 11) is 0. The molecule has 1 aliphatic rings. The van der Waals surface area contributed by atoms with Gasteiger partial charge in [-0.25, -0.2) is 0 Å². The lowest BCUT2D eigenvalue weighted by molar-refractivity contribution is -0.126. The van der Waals surface area contributed by atoms with Gasteiger partial charge in [0.15, 0.2) is 0 Å². The summed E-state index contributed by atoms with van der Waals surface area (Å²) in [5, 5.41) is 3.39. The zero-order valence-corrected chi connectivity index (χ0v) is 19.7. The molecule has 0 aliphatic carbocycles. The summed E-state index contributed by atoms with van der Waals surface area (Å²) in [5.41, 5.74) is 3.57.